The molecule has 1 saturated heterocycles. The number of ether oxygens (including phenoxy) is 2. The van der Waals surface area contributed by atoms with Gasteiger partial charge in [0.05, 0.1) is 13.2 Å². The van der Waals surface area contributed by atoms with Crippen LogP contribution in [0.25, 0.3) is 0 Å². The molecule has 0 bridgehead atoms. The summed E-state index contributed by atoms with van der Waals surface area (Å²) in [6.07, 6.45) is 0.329. The Bertz CT molecular complexity index is 431. The molecular formula is C18H35N3O4. The van der Waals surface area contributed by atoms with E-state index in [1.54, 1.807) is 7.05 Å². The summed E-state index contributed by atoms with van der Waals surface area (Å²) in [6, 6.07) is -0.537. The minimum absolute atomic E-state index is 0.0425. The molecular weight excluding hydrogens is 322 g/mol. The van der Waals surface area contributed by atoms with Crippen LogP contribution >= 0.6 is 0 Å². The predicted molar refractivity (Wildman–Crippen MR) is 97.5 cm³/mol. The van der Waals surface area contributed by atoms with E-state index >= 15 is 0 Å². The van der Waals surface area contributed by atoms with E-state index in [0.717, 1.165) is 39.3 Å². The molecule has 0 aromatic rings. The Kier molecular flexibility index (Phi) is 8.65. The topological polar surface area (TPSA) is 71.1 Å². The Morgan fingerprint density at radius 3 is 2.40 bits per heavy atom. The van der Waals surface area contributed by atoms with Gasteiger partial charge in [0.1, 0.15) is 11.6 Å². The highest BCUT2D eigenvalue weighted by Crippen LogP contribution is 2.17. The molecule has 2 atom stereocenters. The van der Waals surface area contributed by atoms with Gasteiger partial charge in [-0.1, -0.05) is 20.3 Å². The fourth-order valence-electron chi connectivity index (χ4n) is 2.75. The Morgan fingerprint density at radius 1 is 1.28 bits per heavy atom. The van der Waals surface area contributed by atoms with Gasteiger partial charge in [-0.2, -0.15) is 0 Å². The number of amides is 2. The zero-order chi connectivity index (χ0) is 19.0. The number of carbonyl (C=O) groups is 2. The molecule has 1 N–H and O–H groups in total. The molecule has 0 aliphatic carbocycles. The number of hydrogen-bond donors (Lipinski definition) is 1. The number of nitrogens with one attached hydrogen (secondary N) is 1. The van der Waals surface area contributed by atoms with Crippen molar-refractivity contribution in [1.82, 2.24) is 15.1 Å². The van der Waals surface area contributed by atoms with Crippen molar-refractivity contribution in [1.29, 1.82) is 0 Å². The van der Waals surface area contributed by atoms with Gasteiger partial charge >= 0.3 is 6.09 Å². The quantitative estimate of drug-likeness (QED) is 0.751. The van der Waals surface area contributed by atoms with E-state index in [1.807, 2.05) is 34.6 Å². The SMILES string of the molecule is CC[C@H](C)[C@@H](C(=O)NCCN1CCOCC1)N(C)C(=O)OC(C)(C)C. The summed E-state index contributed by atoms with van der Waals surface area (Å²) in [6.45, 7) is 14.1. The fourth-order valence-corrected chi connectivity index (χ4v) is 2.75. The van der Waals surface area contributed by atoms with E-state index in [4.69, 9.17) is 9.47 Å². The Labute approximate surface area is 152 Å². The molecule has 0 radical (unpaired) electrons. The molecule has 0 spiro atoms. The number of nitrogens with zero attached hydrogens (tertiary/aromatic N) is 2. The first-order valence-electron chi connectivity index (χ1n) is 9.19. The summed E-state index contributed by atoms with van der Waals surface area (Å²) < 4.78 is 10.7. The molecule has 2 amide bonds. The van der Waals surface area contributed by atoms with Gasteiger partial charge in [0.2, 0.25) is 5.91 Å². The summed E-state index contributed by atoms with van der Waals surface area (Å²) >= 11 is 0. The van der Waals surface area contributed by atoms with Crippen LogP contribution in [-0.2, 0) is 14.3 Å². The Balaban J connectivity index is 2.60. The predicted octanol–water partition coefficient (Wildman–Crippen LogP) is 1.72. The molecule has 1 aliphatic rings. The van der Waals surface area contributed by atoms with E-state index in [1.165, 1.54) is 4.90 Å². The molecule has 1 heterocycles. The number of hydrogen-bond acceptors (Lipinski definition) is 5. The molecule has 146 valence electrons. The zero-order valence-electron chi connectivity index (χ0n) is 16.6. The van der Waals surface area contributed by atoms with Crippen LogP contribution in [0.4, 0.5) is 4.79 Å². The lowest BCUT2D eigenvalue weighted by atomic mass is 9.97. The molecule has 7 nitrogen and oxygen atoms in total. The molecule has 7 heteroatoms. The monoisotopic (exact) mass is 357 g/mol. The van der Waals surface area contributed by atoms with Crippen LogP contribution in [0, 0.1) is 5.92 Å². The van der Waals surface area contributed by atoms with E-state index in [-0.39, 0.29) is 11.8 Å². The largest absolute Gasteiger partial charge is 0.444 e. The van der Waals surface area contributed by atoms with Gasteiger partial charge in [-0.3, -0.25) is 14.6 Å². The lowest BCUT2D eigenvalue weighted by Gasteiger charge is -2.33. The first-order chi connectivity index (χ1) is 11.7. The summed E-state index contributed by atoms with van der Waals surface area (Å²) in [5.74, 6) is -0.0862. The van der Waals surface area contributed by atoms with Crippen molar-refractivity contribution < 1.29 is 19.1 Å². The molecule has 0 aromatic heterocycles. The lowest BCUT2D eigenvalue weighted by molar-refractivity contribution is -0.127. The third-order valence-electron chi connectivity index (χ3n) is 4.38. The third-order valence-corrected chi connectivity index (χ3v) is 4.38. The summed E-state index contributed by atoms with van der Waals surface area (Å²) in [5, 5.41) is 2.97. The van der Waals surface area contributed by atoms with Crippen molar-refractivity contribution in [2.45, 2.75) is 52.7 Å². The van der Waals surface area contributed by atoms with E-state index in [9.17, 15) is 9.59 Å². The van der Waals surface area contributed by atoms with Crippen LogP contribution in [0.2, 0.25) is 0 Å². The first kappa shape index (κ1) is 21.7. The van der Waals surface area contributed by atoms with Crippen molar-refractivity contribution >= 4 is 12.0 Å². The van der Waals surface area contributed by atoms with Crippen molar-refractivity contribution in [2.75, 3.05) is 46.4 Å². The van der Waals surface area contributed by atoms with Crippen molar-refractivity contribution in [2.24, 2.45) is 5.92 Å². The van der Waals surface area contributed by atoms with Gasteiger partial charge in [0.25, 0.3) is 0 Å². The van der Waals surface area contributed by atoms with Gasteiger partial charge < -0.3 is 14.8 Å². The molecule has 1 fully saturated rings. The van der Waals surface area contributed by atoms with Crippen LogP contribution in [0.1, 0.15) is 41.0 Å². The second-order valence-electron chi connectivity index (χ2n) is 7.67. The average Bonchev–Trinajstić information content (AvgIpc) is 2.54. The van der Waals surface area contributed by atoms with E-state index in [2.05, 4.69) is 10.2 Å². The smallest absolute Gasteiger partial charge is 0.410 e. The maximum absolute atomic E-state index is 12.7. The minimum atomic E-state index is -0.585. The van der Waals surface area contributed by atoms with Crippen LogP contribution in [-0.4, -0.2) is 79.9 Å². The number of rotatable bonds is 7. The highest BCUT2D eigenvalue weighted by atomic mass is 16.6. The molecule has 0 unspecified atom stereocenters. The highest BCUT2D eigenvalue weighted by Gasteiger charge is 2.33. The lowest BCUT2D eigenvalue weighted by Crippen LogP contribution is -2.53. The van der Waals surface area contributed by atoms with Gasteiger partial charge in [-0.05, 0) is 26.7 Å². The fraction of sp³-hybridized carbons (Fsp3) is 0.889. The van der Waals surface area contributed by atoms with E-state index in [0.29, 0.717) is 6.54 Å². The van der Waals surface area contributed by atoms with E-state index < -0.39 is 17.7 Å². The van der Waals surface area contributed by atoms with Gasteiger partial charge in [0.15, 0.2) is 0 Å². The normalized spacial score (nSPS) is 18.3. The molecule has 0 saturated carbocycles. The van der Waals surface area contributed by atoms with Crippen molar-refractivity contribution in [3.8, 4) is 0 Å². The summed E-state index contributed by atoms with van der Waals surface area (Å²) in [5.41, 5.74) is -0.585. The van der Waals surface area contributed by atoms with Gasteiger partial charge in [0, 0.05) is 33.2 Å². The van der Waals surface area contributed by atoms with Crippen molar-refractivity contribution in [3.05, 3.63) is 0 Å². The Morgan fingerprint density at radius 2 is 1.88 bits per heavy atom. The van der Waals surface area contributed by atoms with Gasteiger partial charge in [-0.15, -0.1) is 0 Å². The molecule has 1 aliphatic heterocycles. The number of morpholine rings is 1. The van der Waals surface area contributed by atoms with Gasteiger partial charge in [-0.25, -0.2) is 4.79 Å². The standard InChI is InChI=1S/C18H35N3O4/c1-7-14(2)15(20(6)17(23)25-18(3,4)5)16(22)19-8-9-21-10-12-24-13-11-21/h14-15H,7-13H2,1-6H3,(H,19,22)/t14-,15-/m0/s1. The first-order valence-corrected chi connectivity index (χ1v) is 9.19. The van der Waals surface area contributed by atoms with Crippen LogP contribution in [0.5, 0.6) is 0 Å². The average molecular weight is 357 g/mol. The molecule has 1 rings (SSSR count). The van der Waals surface area contributed by atoms with Crippen molar-refractivity contribution in [3.63, 3.8) is 0 Å². The minimum Gasteiger partial charge on any atom is -0.444 e. The summed E-state index contributed by atoms with van der Waals surface area (Å²) in [7, 11) is 1.63. The number of likely N-dealkylation sites (N-methyl/N-ethyl adjacent to an activating group) is 1. The second-order valence-corrected chi connectivity index (χ2v) is 7.67. The maximum Gasteiger partial charge on any atom is 0.410 e. The number of carbonyl (C=O) groups excluding carboxylic acids is 2. The van der Waals surface area contributed by atoms with Crippen LogP contribution in [0.15, 0.2) is 0 Å². The highest BCUT2D eigenvalue weighted by molar-refractivity contribution is 5.85. The van der Waals surface area contributed by atoms with Crippen LogP contribution in [0.3, 0.4) is 0 Å². The third kappa shape index (κ3) is 7.61. The Hall–Kier alpha value is -1.34. The summed E-state index contributed by atoms with van der Waals surface area (Å²) in [4.78, 5) is 28.7. The molecule has 25 heavy (non-hydrogen) atoms. The maximum atomic E-state index is 12.7. The second kappa shape index (κ2) is 9.97. The zero-order valence-corrected chi connectivity index (χ0v) is 16.6. The van der Waals surface area contributed by atoms with Crippen LogP contribution < -0.4 is 5.32 Å². The molecule has 0 aromatic carbocycles.